The van der Waals surface area contributed by atoms with Gasteiger partial charge in [0, 0.05) is 44.1 Å². The molecule has 0 amide bonds. The summed E-state index contributed by atoms with van der Waals surface area (Å²) in [7, 11) is 2.03. The van der Waals surface area contributed by atoms with Gasteiger partial charge in [0.1, 0.15) is 5.82 Å². The highest BCUT2D eigenvalue weighted by molar-refractivity contribution is 5.44. The van der Waals surface area contributed by atoms with Crippen molar-refractivity contribution in [3.8, 4) is 0 Å². The van der Waals surface area contributed by atoms with Gasteiger partial charge in [-0.1, -0.05) is 0 Å². The summed E-state index contributed by atoms with van der Waals surface area (Å²) in [5.41, 5.74) is 13.2. The number of rotatable bonds is 4. The van der Waals surface area contributed by atoms with Crippen molar-refractivity contribution in [3.05, 3.63) is 11.8 Å². The Kier molecular flexibility index (Phi) is 3.97. The van der Waals surface area contributed by atoms with Crippen molar-refractivity contribution in [2.24, 2.45) is 5.92 Å². The lowest BCUT2D eigenvalue weighted by atomic mass is 9.80. The van der Waals surface area contributed by atoms with Gasteiger partial charge in [0.25, 0.3) is 0 Å². The molecule has 2 unspecified atom stereocenters. The van der Waals surface area contributed by atoms with Gasteiger partial charge in [-0.05, 0) is 19.8 Å². The Bertz CT molecular complexity index is 504. The first-order chi connectivity index (χ1) is 10.0. The number of anilines is 2. The van der Waals surface area contributed by atoms with Gasteiger partial charge < -0.3 is 15.7 Å². The number of aliphatic hydroxyl groups excluding tert-OH is 1. The molecule has 2 aliphatic rings. The summed E-state index contributed by atoms with van der Waals surface area (Å²) >= 11 is 0. The fourth-order valence-electron chi connectivity index (χ4n) is 3.02. The number of nitrogen functional groups attached to an aromatic ring is 1. The second-order valence-electron chi connectivity index (χ2n) is 6.29. The second kappa shape index (κ2) is 5.75. The highest BCUT2D eigenvalue weighted by Gasteiger charge is 2.31. The lowest BCUT2D eigenvalue weighted by Crippen LogP contribution is -2.34. The third kappa shape index (κ3) is 3.09. The van der Waals surface area contributed by atoms with Crippen LogP contribution in [0.4, 0.5) is 11.8 Å². The van der Waals surface area contributed by atoms with Crippen LogP contribution in [0.5, 0.6) is 0 Å². The normalized spacial score (nSPS) is 32.0. The minimum Gasteiger partial charge on any atom is -0.393 e. The molecule has 1 aromatic heterocycles. The van der Waals surface area contributed by atoms with E-state index in [4.69, 9.17) is 5.73 Å². The number of nitrogens with two attached hydrogens (primary N) is 1. The lowest BCUT2D eigenvalue weighted by molar-refractivity contribution is 0.0732. The Hall–Kier alpha value is -1.44. The van der Waals surface area contributed by atoms with E-state index < -0.39 is 0 Å². The fourth-order valence-corrected chi connectivity index (χ4v) is 3.02. The van der Waals surface area contributed by atoms with E-state index in [0.717, 1.165) is 37.4 Å². The SMILES string of the molecule is CC1NNCC1CN(C)c1cc(C2CC(O)C2)nc(N)n1. The zero-order chi connectivity index (χ0) is 15.0. The molecule has 0 spiro atoms. The van der Waals surface area contributed by atoms with E-state index >= 15 is 0 Å². The van der Waals surface area contributed by atoms with Crippen LogP contribution >= 0.6 is 0 Å². The van der Waals surface area contributed by atoms with Crippen molar-refractivity contribution in [2.75, 3.05) is 30.8 Å². The average Bonchev–Trinajstić information content (AvgIpc) is 2.80. The van der Waals surface area contributed by atoms with Crippen LogP contribution in [0.1, 0.15) is 31.4 Å². The highest BCUT2D eigenvalue weighted by atomic mass is 16.3. The molecule has 0 bridgehead atoms. The summed E-state index contributed by atoms with van der Waals surface area (Å²) in [6, 6.07) is 2.45. The van der Waals surface area contributed by atoms with E-state index in [1.807, 2.05) is 13.1 Å². The van der Waals surface area contributed by atoms with E-state index in [1.165, 1.54) is 0 Å². The number of hydrogen-bond acceptors (Lipinski definition) is 7. The summed E-state index contributed by atoms with van der Waals surface area (Å²) in [6.45, 7) is 4.03. The van der Waals surface area contributed by atoms with Crippen LogP contribution in [-0.4, -0.2) is 47.4 Å². The number of aliphatic hydroxyl groups is 1. The molecule has 116 valence electrons. The number of nitrogens with one attached hydrogen (secondary N) is 2. The van der Waals surface area contributed by atoms with Gasteiger partial charge in [-0.2, -0.15) is 4.98 Å². The molecule has 7 nitrogen and oxygen atoms in total. The highest BCUT2D eigenvalue weighted by Crippen LogP contribution is 2.36. The summed E-state index contributed by atoms with van der Waals surface area (Å²) < 4.78 is 0. The van der Waals surface area contributed by atoms with Gasteiger partial charge in [-0.3, -0.25) is 10.9 Å². The molecule has 2 atom stereocenters. The van der Waals surface area contributed by atoms with Crippen molar-refractivity contribution >= 4 is 11.8 Å². The maximum absolute atomic E-state index is 9.45. The standard InChI is InChI=1S/C14H24N6O/c1-8-10(6-16-19-8)7-20(2)13-5-12(17-14(15)18-13)9-3-11(21)4-9/h5,8-11,16,19,21H,3-4,6-7H2,1-2H3,(H2,15,17,18). The number of hydrazine groups is 1. The minimum atomic E-state index is -0.191. The molecule has 21 heavy (non-hydrogen) atoms. The molecule has 2 heterocycles. The van der Waals surface area contributed by atoms with Crippen molar-refractivity contribution in [2.45, 2.75) is 37.8 Å². The van der Waals surface area contributed by atoms with Gasteiger partial charge in [0.05, 0.1) is 11.8 Å². The first-order valence-corrected chi connectivity index (χ1v) is 7.55. The Morgan fingerprint density at radius 2 is 2.19 bits per heavy atom. The Balaban J connectivity index is 1.71. The summed E-state index contributed by atoms with van der Waals surface area (Å²) in [5, 5.41) is 9.45. The molecule has 0 radical (unpaired) electrons. The smallest absolute Gasteiger partial charge is 0.222 e. The van der Waals surface area contributed by atoms with E-state index in [-0.39, 0.29) is 6.10 Å². The third-order valence-corrected chi connectivity index (χ3v) is 4.58. The predicted molar refractivity (Wildman–Crippen MR) is 81.8 cm³/mol. The van der Waals surface area contributed by atoms with E-state index in [2.05, 4.69) is 32.6 Å². The third-order valence-electron chi connectivity index (χ3n) is 4.58. The summed E-state index contributed by atoms with van der Waals surface area (Å²) in [5.74, 6) is 2.01. The van der Waals surface area contributed by atoms with Gasteiger partial charge in [-0.25, -0.2) is 4.98 Å². The molecular formula is C14H24N6O. The number of aromatic nitrogens is 2. The molecule has 1 aliphatic carbocycles. The van der Waals surface area contributed by atoms with Crippen LogP contribution in [0.15, 0.2) is 6.07 Å². The minimum absolute atomic E-state index is 0.191. The molecule has 3 rings (SSSR count). The largest absolute Gasteiger partial charge is 0.393 e. The monoisotopic (exact) mass is 292 g/mol. The fraction of sp³-hybridized carbons (Fsp3) is 0.714. The van der Waals surface area contributed by atoms with E-state index in [9.17, 15) is 5.11 Å². The molecule has 2 fully saturated rings. The quantitative estimate of drug-likeness (QED) is 0.612. The summed E-state index contributed by atoms with van der Waals surface area (Å²) in [4.78, 5) is 10.8. The van der Waals surface area contributed by atoms with E-state index in [0.29, 0.717) is 23.8 Å². The predicted octanol–water partition coefficient (Wildman–Crippen LogP) is -0.154. The molecule has 1 aliphatic heterocycles. The van der Waals surface area contributed by atoms with Gasteiger partial charge in [0.2, 0.25) is 5.95 Å². The van der Waals surface area contributed by atoms with Crippen LogP contribution in [0.3, 0.4) is 0 Å². The van der Waals surface area contributed by atoms with Gasteiger partial charge in [-0.15, -0.1) is 0 Å². The average molecular weight is 292 g/mol. The Labute approximate surface area is 124 Å². The molecule has 7 heteroatoms. The second-order valence-corrected chi connectivity index (χ2v) is 6.29. The van der Waals surface area contributed by atoms with Crippen LogP contribution in [0.2, 0.25) is 0 Å². The molecule has 0 aromatic carbocycles. The zero-order valence-corrected chi connectivity index (χ0v) is 12.6. The summed E-state index contributed by atoms with van der Waals surface area (Å²) in [6.07, 6.45) is 1.35. The number of nitrogens with zero attached hydrogens (tertiary/aromatic N) is 3. The van der Waals surface area contributed by atoms with E-state index in [1.54, 1.807) is 0 Å². The molecule has 1 saturated carbocycles. The molecular weight excluding hydrogens is 268 g/mol. The Morgan fingerprint density at radius 1 is 1.43 bits per heavy atom. The van der Waals surface area contributed by atoms with Crippen molar-refractivity contribution in [3.63, 3.8) is 0 Å². The maximum atomic E-state index is 9.45. The van der Waals surface area contributed by atoms with Crippen LogP contribution < -0.4 is 21.5 Å². The molecule has 1 saturated heterocycles. The van der Waals surface area contributed by atoms with Crippen molar-refractivity contribution < 1.29 is 5.11 Å². The van der Waals surface area contributed by atoms with Gasteiger partial charge >= 0.3 is 0 Å². The van der Waals surface area contributed by atoms with Gasteiger partial charge in [0.15, 0.2) is 0 Å². The van der Waals surface area contributed by atoms with Crippen LogP contribution in [0, 0.1) is 5.92 Å². The van der Waals surface area contributed by atoms with Crippen molar-refractivity contribution in [1.82, 2.24) is 20.8 Å². The maximum Gasteiger partial charge on any atom is 0.222 e. The molecule has 5 N–H and O–H groups in total. The Morgan fingerprint density at radius 3 is 2.81 bits per heavy atom. The van der Waals surface area contributed by atoms with Crippen molar-refractivity contribution in [1.29, 1.82) is 0 Å². The topological polar surface area (TPSA) is 99.3 Å². The molecule has 1 aromatic rings. The first-order valence-electron chi connectivity index (χ1n) is 7.55. The van der Waals surface area contributed by atoms with Crippen LogP contribution in [0.25, 0.3) is 0 Å². The first kappa shape index (κ1) is 14.5. The zero-order valence-electron chi connectivity index (χ0n) is 12.6. The number of hydrogen-bond donors (Lipinski definition) is 4. The lowest BCUT2D eigenvalue weighted by Gasteiger charge is -2.31. The van der Waals surface area contributed by atoms with Crippen LogP contribution in [-0.2, 0) is 0 Å².